The number of amides is 2. The van der Waals surface area contributed by atoms with Gasteiger partial charge in [-0.1, -0.05) is 29.3 Å². The number of benzene rings is 2. The van der Waals surface area contributed by atoms with E-state index in [1.54, 1.807) is 55.0 Å². The molecule has 5 nitrogen and oxygen atoms in total. The van der Waals surface area contributed by atoms with E-state index in [0.717, 1.165) is 0 Å². The number of aromatic nitrogens is 1. The number of nitrogens with zero attached hydrogens (tertiary/aromatic N) is 1. The van der Waals surface area contributed by atoms with Gasteiger partial charge in [0.2, 0.25) is 0 Å². The maximum absolute atomic E-state index is 12.1. The van der Waals surface area contributed by atoms with Crippen molar-refractivity contribution >= 4 is 51.4 Å². The third kappa shape index (κ3) is 4.42. The number of anilines is 2. The van der Waals surface area contributed by atoms with Gasteiger partial charge in [-0.05, 0) is 30.3 Å². The second kappa shape index (κ2) is 7.74. The standard InChI is InChI=1S/C17H13Cl2N3O2S/c1-24-12-4-2-3-11(8-12)20-16(23)22-17-21-15(9-25-17)13-7-10(18)5-6-14(13)19/h2-9H,1H3,(H2,20,21,22,23). The number of hydrogen-bond donors (Lipinski definition) is 2. The summed E-state index contributed by atoms with van der Waals surface area (Å²) >= 11 is 13.5. The molecule has 0 spiro atoms. The first-order valence-electron chi connectivity index (χ1n) is 7.18. The monoisotopic (exact) mass is 393 g/mol. The largest absolute Gasteiger partial charge is 0.497 e. The molecule has 0 fully saturated rings. The lowest BCUT2D eigenvalue weighted by Gasteiger charge is -2.07. The molecule has 128 valence electrons. The second-order valence-corrected chi connectivity index (χ2v) is 6.67. The summed E-state index contributed by atoms with van der Waals surface area (Å²) in [6.45, 7) is 0. The normalized spacial score (nSPS) is 10.4. The maximum atomic E-state index is 12.1. The minimum Gasteiger partial charge on any atom is -0.497 e. The molecule has 0 saturated heterocycles. The molecule has 0 radical (unpaired) electrons. The SMILES string of the molecule is COc1cccc(NC(=O)Nc2nc(-c3cc(Cl)ccc3Cl)cs2)c1. The van der Waals surface area contributed by atoms with E-state index >= 15 is 0 Å². The number of nitrogens with one attached hydrogen (secondary N) is 2. The average molecular weight is 394 g/mol. The molecular formula is C17H13Cl2N3O2S. The highest BCUT2D eigenvalue weighted by Crippen LogP contribution is 2.32. The molecule has 3 aromatic rings. The molecule has 0 unspecified atom stereocenters. The van der Waals surface area contributed by atoms with E-state index in [0.29, 0.717) is 37.9 Å². The summed E-state index contributed by atoms with van der Waals surface area (Å²) in [7, 11) is 1.57. The first-order chi connectivity index (χ1) is 12.0. The summed E-state index contributed by atoms with van der Waals surface area (Å²) in [5, 5.41) is 8.78. The highest BCUT2D eigenvalue weighted by atomic mass is 35.5. The molecule has 2 aromatic carbocycles. The van der Waals surface area contributed by atoms with Crippen LogP contribution in [0.25, 0.3) is 11.3 Å². The van der Waals surface area contributed by atoms with Gasteiger partial charge in [-0.25, -0.2) is 9.78 Å². The van der Waals surface area contributed by atoms with E-state index in [9.17, 15) is 4.79 Å². The molecule has 2 N–H and O–H groups in total. The summed E-state index contributed by atoms with van der Waals surface area (Å²) in [6.07, 6.45) is 0. The van der Waals surface area contributed by atoms with Crippen molar-refractivity contribution in [3.05, 3.63) is 57.9 Å². The van der Waals surface area contributed by atoms with Crippen LogP contribution >= 0.6 is 34.5 Å². The van der Waals surface area contributed by atoms with Crippen LogP contribution in [0.2, 0.25) is 10.0 Å². The Morgan fingerprint density at radius 2 is 2.00 bits per heavy atom. The lowest BCUT2D eigenvalue weighted by molar-refractivity contribution is 0.262. The molecular weight excluding hydrogens is 381 g/mol. The molecule has 0 aliphatic heterocycles. The van der Waals surface area contributed by atoms with Gasteiger partial charge in [0.15, 0.2) is 5.13 Å². The quantitative estimate of drug-likeness (QED) is 0.591. The van der Waals surface area contributed by atoms with Crippen LogP contribution in [-0.2, 0) is 0 Å². The molecule has 0 atom stereocenters. The Balaban J connectivity index is 1.70. The smallest absolute Gasteiger partial charge is 0.325 e. The van der Waals surface area contributed by atoms with Crippen molar-refractivity contribution in [1.29, 1.82) is 0 Å². The van der Waals surface area contributed by atoms with Crippen LogP contribution in [0.3, 0.4) is 0 Å². The van der Waals surface area contributed by atoms with E-state index in [2.05, 4.69) is 15.6 Å². The van der Waals surface area contributed by atoms with Crippen LogP contribution in [-0.4, -0.2) is 18.1 Å². The van der Waals surface area contributed by atoms with Crippen LogP contribution in [0.15, 0.2) is 47.8 Å². The van der Waals surface area contributed by atoms with Crippen molar-refractivity contribution in [2.75, 3.05) is 17.7 Å². The number of ether oxygens (including phenoxy) is 1. The van der Waals surface area contributed by atoms with Crippen molar-refractivity contribution in [2.45, 2.75) is 0 Å². The van der Waals surface area contributed by atoms with Crippen LogP contribution in [0, 0.1) is 0 Å². The van der Waals surface area contributed by atoms with Gasteiger partial charge in [0.1, 0.15) is 5.75 Å². The van der Waals surface area contributed by atoms with Crippen molar-refractivity contribution in [3.8, 4) is 17.0 Å². The fourth-order valence-electron chi connectivity index (χ4n) is 2.11. The van der Waals surface area contributed by atoms with Crippen molar-refractivity contribution < 1.29 is 9.53 Å². The van der Waals surface area contributed by atoms with Crippen LogP contribution < -0.4 is 15.4 Å². The number of rotatable bonds is 4. The predicted octanol–water partition coefficient (Wildman–Crippen LogP) is 5.77. The van der Waals surface area contributed by atoms with Gasteiger partial charge in [-0.2, -0.15) is 0 Å². The van der Waals surface area contributed by atoms with Gasteiger partial charge in [-0.15, -0.1) is 11.3 Å². The van der Waals surface area contributed by atoms with Gasteiger partial charge in [0.25, 0.3) is 0 Å². The van der Waals surface area contributed by atoms with E-state index in [1.165, 1.54) is 11.3 Å². The zero-order chi connectivity index (χ0) is 17.8. The Bertz CT molecular complexity index is 914. The molecule has 0 saturated carbocycles. The third-order valence-electron chi connectivity index (χ3n) is 3.26. The van der Waals surface area contributed by atoms with Crippen molar-refractivity contribution in [1.82, 2.24) is 4.98 Å². The first-order valence-corrected chi connectivity index (χ1v) is 8.82. The number of carbonyl (C=O) groups is 1. The lowest BCUT2D eigenvalue weighted by atomic mass is 10.2. The average Bonchev–Trinajstić information content (AvgIpc) is 3.05. The Hall–Kier alpha value is -2.28. The molecule has 1 heterocycles. The van der Waals surface area contributed by atoms with Crippen molar-refractivity contribution in [3.63, 3.8) is 0 Å². The lowest BCUT2D eigenvalue weighted by Crippen LogP contribution is -2.19. The van der Waals surface area contributed by atoms with Gasteiger partial charge in [-0.3, -0.25) is 5.32 Å². The first kappa shape index (κ1) is 17.5. The van der Waals surface area contributed by atoms with Gasteiger partial charge in [0.05, 0.1) is 17.8 Å². The zero-order valence-electron chi connectivity index (χ0n) is 13.0. The van der Waals surface area contributed by atoms with Crippen LogP contribution in [0.1, 0.15) is 0 Å². The molecule has 3 rings (SSSR count). The summed E-state index contributed by atoms with van der Waals surface area (Å²) in [4.78, 5) is 16.5. The topological polar surface area (TPSA) is 63.2 Å². The molecule has 8 heteroatoms. The predicted molar refractivity (Wildman–Crippen MR) is 103 cm³/mol. The zero-order valence-corrected chi connectivity index (χ0v) is 15.4. The number of thiazole rings is 1. The van der Waals surface area contributed by atoms with Crippen molar-refractivity contribution in [2.24, 2.45) is 0 Å². The molecule has 2 amide bonds. The number of urea groups is 1. The fraction of sp³-hybridized carbons (Fsp3) is 0.0588. The number of carbonyl (C=O) groups excluding carboxylic acids is 1. The molecule has 0 aliphatic rings. The highest BCUT2D eigenvalue weighted by molar-refractivity contribution is 7.14. The maximum Gasteiger partial charge on any atom is 0.325 e. The fourth-order valence-corrected chi connectivity index (χ4v) is 3.20. The Labute approximate surface area is 158 Å². The number of hydrogen-bond acceptors (Lipinski definition) is 4. The van der Waals surface area contributed by atoms with Gasteiger partial charge < -0.3 is 10.1 Å². The minimum absolute atomic E-state index is 0.397. The minimum atomic E-state index is -0.397. The van der Waals surface area contributed by atoms with Crippen LogP contribution in [0.5, 0.6) is 5.75 Å². The third-order valence-corrected chi connectivity index (χ3v) is 4.58. The Morgan fingerprint density at radius 3 is 2.80 bits per heavy atom. The van der Waals surface area contributed by atoms with E-state index < -0.39 is 6.03 Å². The summed E-state index contributed by atoms with van der Waals surface area (Å²) in [5.74, 6) is 0.657. The number of halogens is 2. The van der Waals surface area contributed by atoms with E-state index in [1.807, 2.05) is 0 Å². The molecule has 0 aliphatic carbocycles. The van der Waals surface area contributed by atoms with Crippen LogP contribution in [0.4, 0.5) is 15.6 Å². The van der Waals surface area contributed by atoms with Gasteiger partial charge >= 0.3 is 6.03 Å². The summed E-state index contributed by atoms with van der Waals surface area (Å²) in [5.41, 5.74) is 1.98. The molecule has 1 aromatic heterocycles. The van der Waals surface area contributed by atoms with Gasteiger partial charge in [0, 0.05) is 27.7 Å². The molecule has 25 heavy (non-hydrogen) atoms. The summed E-state index contributed by atoms with van der Waals surface area (Å²) in [6, 6.07) is 11.8. The summed E-state index contributed by atoms with van der Waals surface area (Å²) < 4.78 is 5.12. The Kier molecular flexibility index (Phi) is 5.43. The number of methoxy groups -OCH3 is 1. The molecule has 0 bridgehead atoms. The van der Waals surface area contributed by atoms with E-state index in [-0.39, 0.29) is 0 Å². The highest BCUT2D eigenvalue weighted by Gasteiger charge is 2.11. The van der Waals surface area contributed by atoms with E-state index in [4.69, 9.17) is 27.9 Å². The Morgan fingerprint density at radius 1 is 1.16 bits per heavy atom. The second-order valence-electron chi connectivity index (χ2n) is 4.97.